The number of rotatable bonds is 4. The molecule has 2 atom stereocenters. The Morgan fingerprint density at radius 3 is 2.73 bits per heavy atom. The fraction of sp³-hybridized carbons (Fsp3) is 1.00. The van der Waals surface area contributed by atoms with Gasteiger partial charge in [0.1, 0.15) is 0 Å². The minimum Gasteiger partial charge on any atom is -0.301 e. The monoisotopic (exact) mass is 234 g/mol. The number of piperidine rings is 1. The van der Waals surface area contributed by atoms with Gasteiger partial charge in [0.25, 0.3) is 0 Å². The number of hydrogen-bond acceptors (Lipinski definition) is 3. The third kappa shape index (κ3) is 5.49. The van der Waals surface area contributed by atoms with Crippen molar-refractivity contribution in [1.82, 2.24) is 9.62 Å². The van der Waals surface area contributed by atoms with E-state index >= 15 is 0 Å². The van der Waals surface area contributed by atoms with Crippen LogP contribution in [0.25, 0.3) is 0 Å². The largest absolute Gasteiger partial charge is 0.301 e. The number of nitrogens with zero attached hydrogens (tertiary/aromatic N) is 1. The maximum Gasteiger partial charge on any atom is 0.208 e. The summed E-state index contributed by atoms with van der Waals surface area (Å²) < 4.78 is 24.6. The van der Waals surface area contributed by atoms with Crippen molar-refractivity contribution in [2.75, 3.05) is 25.9 Å². The number of likely N-dealkylation sites (tertiary alicyclic amines) is 1. The number of hydrogen-bond donors (Lipinski definition) is 1. The summed E-state index contributed by atoms with van der Waals surface area (Å²) in [6.45, 7) is 7.18. The van der Waals surface area contributed by atoms with E-state index < -0.39 is 10.0 Å². The molecule has 15 heavy (non-hydrogen) atoms. The van der Waals surface area contributed by atoms with Gasteiger partial charge in [0.2, 0.25) is 10.0 Å². The topological polar surface area (TPSA) is 49.4 Å². The lowest BCUT2D eigenvalue weighted by Crippen LogP contribution is -2.44. The average molecular weight is 234 g/mol. The molecular weight excluding hydrogens is 212 g/mol. The van der Waals surface area contributed by atoms with Gasteiger partial charge >= 0.3 is 0 Å². The third-order valence-corrected chi connectivity index (χ3v) is 3.52. The van der Waals surface area contributed by atoms with Crippen LogP contribution in [0, 0.1) is 5.92 Å². The van der Waals surface area contributed by atoms with Gasteiger partial charge in [-0.15, -0.1) is 0 Å². The second kappa shape index (κ2) is 5.27. The zero-order valence-corrected chi connectivity index (χ0v) is 10.7. The molecule has 1 rings (SSSR count). The van der Waals surface area contributed by atoms with E-state index in [1.54, 1.807) is 0 Å². The van der Waals surface area contributed by atoms with Gasteiger partial charge < -0.3 is 4.90 Å². The summed E-state index contributed by atoms with van der Waals surface area (Å²) in [5.74, 6) is 0.740. The third-order valence-electron chi connectivity index (χ3n) is 2.69. The Morgan fingerprint density at radius 2 is 2.20 bits per heavy atom. The molecule has 0 radical (unpaired) electrons. The predicted molar refractivity (Wildman–Crippen MR) is 62.3 cm³/mol. The molecule has 0 bridgehead atoms. The highest BCUT2D eigenvalue weighted by molar-refractivity contribution is 7.88. The summed E-state index contributed by atoms with van der Waals surface area (Å²) >= 11 is 0. The first-order chi connectivity index (χ1) is 6.87. The van der Waals surface area contributed by atoms with Crippen molar-refractivity contribution in [3.63, 3.8) is 0 Å². The number of sulfonamides is 1. The highest BCUT2D eigenvalue weighted by Crippen LogP contribution is 2.15. The van der Waals surface area contributed by atoms with Crippen molar-refractivity contribution in [3.8, 4) is 0 Å². The van der Waals surface area contributed by atoms with Crippen molar-refractivity contribution >= 4 is 10.0 Å². The van der Waals surface area contributed by atoms with Crippen molar-refractivity contribution in [3.05, 3.63) is 0 Å². The predicted octanol–water partition coefficient (Wildman–Crippen LogP) is 0.656. The molecule has 90 valence electrons. The van der Waals surface area contributed by atoms with Crippen LogP contribution in [-0.4, -0.2) is 45.2 Å². The minimum atomic E-state index is -3.06. The first-order valence-corrected chi connectivity index (χ1v) is 7.45. The molecular formula is C10H22N2O2S. The van der Waals surface area contributed by atoms with Gasteiger partial charge in [0.05, 0.1) is 6.26 Å². The molecule has 0 saturated carbocycles. The maximum absolute atomic E-state index is 11.0. The molecule has 0 aromatic rings. The van der Waals surface area contributed by atoms with E-state index in [0.29, 0.717) is 0 Å². The average Bonchev–Trinajstić information content (AvgIpc) is 1.99. The van der Waals surface area contributed by atoms with Crippen molar-refractivity contribution < 1.29 is 8.42 Å². The Labute approximate surface area is 93.1 Å². The Morgan fingerprint density at radius 1 is 1.53 bits per heavy atom. The Kier molecular flexibility index (Phi) is 4.55. The molecule has 5 heteroatoms. The lowest BCUT2D eigenvalue weighted by atomic mass is 10.00. The highest BCUT2D eigenvalue weighted by Gasteiger charge is 2.19. The molecule has 1 fully saturated rings. The lowest BCUT2D eigenvalue weighted by molar-refractivity contribution is 0.174. The molecule has 4 nitrogen and oxygen atoms in total. The van der Waals surface area contributed by atoms with Crippen LogP contribution in [0.1, 0.15) is 26.7 Å². The van der Waals surface area contributed by atoms with E-state index in [-0.39, 0.29) is 6.04 Å². The van der Waals surface area contributed by atoms with E-state index in [2.05, 4.69) is 16.5 Å². The van der Waals surface area contributed by atoms with Gasteiger partial charge in [-0.1, -0.05) is 6.92 Å². The molecule has 1 heterocycles. The van der Waals surface area contributed by atoms with Crippen molar-refractivity contribution in [2.24, 2.45) is 5.92 Å². The zero-order valence-electron chi connectivity index (χ0n) is 9.86. The summed E-state index contributed by atoms with van der Waals surface area (Å²) in [7, 11) is -3.06. The molecule has 1 saturated heterocycles. The molecule has 1 aliphatic rings. The zero-order chi connectivity index (χ0) is 11.5. The molecule has 0 aromatic heterocycles. The smallest absolute Gasteiger partial charge is 0.208 e. The van der Waals surface area contributed by atoms with E-state index in [1.807, 2.05) is 6.92 Å². The Bertz CT molecular complexity index is 290. The van der Waals surface area contributed by atoms with Crippen molar-refractivity contribution in [2.45, 2.75) is 32.7 Å². The van der Waals surface area contributed by atoms with Crippen LogP contribution in [-0.2, 0) is 10.0 Å². The van der Waals surface area contributed by atoms with Crippen LogP contribution in [0.4, 0.5) is 0 Å². The van der Waals surface area contributed by atoms with Gasteiger partial charge in [-0.25, -0.2) is 13.1 Å². The number of nitrogens with one attached hydrogen (secondary N) is 1. The summed E-state index contributed by atoms with van der Waals surface area (Å²) in [4.78, 5) is 2.34. The van der Waals surface area contributed by atoms with Gasteiger partial charge in [-0.05, 0) is 32.2 Å². The van der Waals surface area contributed by atoms with E-state index in [0.717, 1.165) is 25.6 Å². The van der Waals surface area contributed by atoms with Crippen LogP contribution in [0.2, 0.25) is 0 Å². The van der Waals surface area contributed by atoms with Gasteiger partial charge in [-0.2, -0.15) is 0 Å². The second-order valence-electron chi connectivity index (χ2n) is 4.80. The first kappa shape index (κ1) is 12.9. The van der Waals surface area contributed by atoms with Gasteiger partial charge in [0, 0.05) is 19.1 Å². The Hall–Kier alpha value is -0.130. The highest BCUT2D eigenvalue weighted by atomic mass is 32.2. The lowest BCUT2D eigenvalue weighted by Gasteiger charge is -2.32. The summed E-state index contributed by atoms with van der Waals surface area (Å²) in [5.41, 5.74) is 0. The summed E-state index contributed by atoms with van der Waals surface area (Å²) in [6, 6.07) is 0.00491. The van der Waals surface area contributed by atoms with Crippen LogP contribution >= 0.6 is 0 Å². The second-order valence-corrected chi connectivity index (χ2v) is 6.58. The molecule has 0 unspecified atom stereocenters. The van der Waals surface area contributed by atoms with Gasteiger partial charge in [0.15, 0.2) is 0 Å². The SMILES string of the molecule is C[C@H]1CCCN(C[C@@H](C)NS(C)(=O)=O)C1. The summed E-state index contributed by atoms with van der Waals surface area (Å²) in [5, 5.41) is 0. The van der Waals surface area contributed by atoms with Crippen LogP contribution in [0.15, 0.2) is 0 Å². The molecule has 0 aliphatic carbocycles. The van der Waals surface area contributed by atoms with Crippen LogP contribution in [0.3, 0.4) is 0 Å². The Balaban J connectivity index is 2.34. The van der Waals surface area contributed by atoms with Crippen molar-refractivity contribution in [1.29, 1.82) is 0 Å². The quantitative estimate of drug-likeness (QED) is 0.777. The maximum atomic E-state index is 11.0. The van der Waals surface area contributed by atoms with Crippen LogP contribution < -0.4 is 4.72 Å². The first-order valence-electron chi connectivity index (χ1n) is 5.56. The standard InChI is InChI=1S/C10H22N2O2S/c1-9-5-4-6-12(7-9)8-10(2)11-15(3,13)14/h9-11H,4-8H2,1-3H3/t9-,10+/m0/s1. The van der Waals surface area contributed by atoms with Gasteiger partial charge in [-0.3, -0.25) is 0 Å². The molecule has 0 aromatic carbocycles. The van der Waals surface area contributed by atoms with E-state index in [9.17, 15) is 8.42 Å². The van der Waals surface area contributed by atoms with E-state index in [1.165, 1.54) is 19.1 Å². The summed E-state index contributed by atoms with van der Waals surface area (Å²) in [6.07, 6.45) is 3.74. The molecule has 1 aliphatic heterocycles. The van der Waals surface area contributed by atoms with Crippen LogP contribution in [0.5, 0.6) is 0 Å². The fourth-order valence-electron chi connectivity index (χ4n) is 2.24. The molecule has 0 spiro atoms. The molecule has 0 amide bonds. The normalized spacial score (nSPS) is 26.5. The fourth-order valence-corrected chi connectivity index (χ4v) is 3.05. The van der Waals surface area contributed by atoms with E-state index in [4.69, 9.17) is 0 Å². The molecule has 1 N–H and O–H groups in total. The minimum absolute atomic E-state index is 0.00491.